The Morgan fingerprint density at radius 2 is 1.76 bits per heavy atom. The number of carbonyl (C=O) groups excluding carboxylic acids is 1. The van der Waals surface area contributed by atoms with Gasteiger partial charge in [0.05, 0.1) is 0 Å². The Labute approximate surface area is 147 Å². The van der Waals surface area contributed by atoms with E-state index in [0.717, 1.165) is 0 Å². The van der Waals surface area contributed by atoms with Gasteiger partial charge in [0.25, 0.3) is 5.91 Å². The molecule has 0 aliphatic rings. The van der Waals surface area contributed by atoms with E-state index in [1.165, 1.54) is 30.7 Å². The Hall–Kier alpha value is -3.33. The van der Waals surface area contributed by atoms with Crippen molar-refractivity contribution in [3.63, 3.8) is 0 Å². The van der Waals surface area contributed by atoms with Gasteiger partial charge in [0.15, 0.2) is 5.11 Å². The van der Waals surface area contributed by atoms with Gasteiger partial charge in [-0.15, -0.1) is 10.2 Å². The lowest BCUT2D eigenvalue weighted by Crippen LogP contribution is -2.43. The molecule has 0 bridgehead atoms. The summed E-state index contributed by atoms with van der Waals surface area (Å²) < 4.78 is 17.9. The van der Waals surface area contributed by atoms with Gasteiger partial charge in [0, 0.05) is 16.8 Å². The standard InChI is InChI=1S/C16H12FN5O2S/c17-12-5-7-13(8-6-12)19-16(25)22-20-14(23)10-1-3-11(4-2-10)15-21-18-9-24-15/h1-9H,(H,20,23)(H2,19,22,25). The number of hydrogen-bond donors (Lipinski definition) is 3. The van der Waals surface area contributed by atoms with Crippen molar-refractivity contribution in [2.24, 2.45) is 0 Å². The van der Waals surface area contributed by atoms with Crippen molar-refractivity contribution in [3.05, 3.63) is 66.3 Å². The van der Waals surface area contributed by atoms with Crippen LogP contribution in [0.4, 0.5) is 10.1 Å². The van der Waals surface area contributed by atoms with E-state index < -0.39 is 0 Å². The van der Waals surface area contributed by atoms with Crippen molar-refractivity contribution >= 4 is 28.9 Å². The quantitative estimate of drug-likeness (QED) is 0.490. The minimum atomic E-state index is -0.375. The average Bonchev–Trinajstić information content (AvgIpc) is 3.16. The molecule has 3 aromatic rings. The molecule has 3 rings (SSSR count). The first-order valence-corrected chi connectivity index (χ1v) is 7.52. The number of carbonyl (C=O) groups is 1. The lowest BCUT2D eigenvalue weighted by atomic mass is 10.1. The molecular formula is C16H12FN5O2S. The van der Waals surface area contributed by atoms with E-state index in [4.69, 9.17) is 16.6 Å². The molecule has 0 fully saturated rings. The number of halogens is 1. The minimum absolute atomic E-state index is 0.169. The Morgan fingerprint density at radius 1 is 1.04 bits per heavy atom. The van der Waals surface area contributed by atoms with Crippen molar-refractivity contribution in [2.45, 2.75) is 0 Å². The lowest BCUT2D eigenvalue weighted by molar-refractivity contribution is 0.0944. The first kappa shape index (κ1) is 16.5. The number of benzene rings is 2. The summed E-state index contributed by atoms with van der Waals surface area (Å²) in [6, 6.07) is 12.3. The van der Waals surface area contributed by atoms with Gasteiger partial charge < -0.3 is 9.73 Å². The molecule has 0 saturated heterocycles. The van der Waals surface area contributed by atoms with Crippen molar-refractivity contribution in [1.29, 1.82) is 0 Å². The first-order valence-electron chi connectivity index (χ1n) is 7.11. The zero-order valence-corrected chi connectivity index (χ0v) is 13.5. The van der Waals surface area contributed by atoms with Crippen LogP contribution in [0.1, 0.15) is 10.4 Å². The van der Waals surface area contributed by atoms with Crippen LogP contribution in [0.15, 0.2) is 59.3 Å². The largest absolute Gasteiger partial charge is 0.423 e. The monoisotopic (exact) mass is 357 g/mol. The molecule has 0 unspecified atom stereocenters. The van der Waals surface area contributed by atoms with E-state index in [1.54, 1.807) is 24.3 Å². The van der Waals surface area contributed by atoms with Gasteiger partial charge >= 0.3 is 0 Å². The second-order valence-corrected chi connectivity index (χ2v) is 5.27. The molecule has 1 heterocycles. The smallest absolute Gasteiger partial charge is 0.269 e. The lowest BCUT2D eigenvalue weighted by Gasteiger charge is -2.11. The van der Waals surface area contributed by atoms with Crippen molar-refractivity contribution in [1.82, 2.24) is 21.0 Å². The van der Waals surface area contributed by atoms with Crippen LogP contribution in [0.25, 0.3) is 11.5 Å². The normalized spacial score (nSPS) is 10.1. The minimum Gasteiger partial charge on any atom is -0.423 e. The zero-order valence-electron chi connectivity index (χ0n) is 12.7. The molecule has 0 radical (unpaired) electrons. The number of hydrogen-bond acceptors (Lipinski definition) is 5. The molecule has 0 aliphatic heterocycles. The Morgan fingerprint density at radius 3 is 2.40 bits per heavy atom. The molecule has 0 spiro atoms. The van der Waals surface area contributed by atoms with Crippen LogP contribution in [0, 0.1) is 5.82 Å². The molecule has 126 valence electrons. The topological polar surface area (TPSA) is 92.1 Å². The highest BCUT2D eigenvalue weighted by molar-refractivity contribution is 7.80. The summed E-state index contributed by atoms with van der Waals surface area (Å²) in [6.07, 6.45) is 1.23. The highest BCUT2D eigenvalue weighted by Gasteiger charge is 2.08. The number of nitrogens with zero attached hydrogens (tertiary/aromatic N) is 2. The predicted molar refractivity (Wildman–Crippen MR) is 93.0 cm³/mol. The van der Waals surface area contributed by atoms with Crippen molar-refractivity contribution in [3.8, 4) is 11.5 Å². The molecule has 0 saturated carbocycles. The van der Waals surface area contributed by atoms with Gasteiger partial charge in [-0.2, -0.15) is 0 Å². The van der Waals surface area contributed by atoms with E-state index in [1.807, 2.05) is 0 Å². The number of anilines is 1. The summed E-state index contributed by atoms with van der Waals surface area (Å²) in [7, 11) is 0. The molecular weight excluding hydrogens is 345 g/mol. The maximum Gasteiger partial charge on any atom is 0.269 e. The Balaban J connectivity index is 1.53. The molecule has 0 atom stereocenters. The number of aromatic nitrogens is 2. The Bertz CT molecular complexity index is 867. The van der Waals surface area contributed by atoms with E-state index in [9.17, 15) is 9.18 Å². The van der Waals surface area contributed by atoms with Gasteiger partial charge in [0.1, 0.15) is 5.82 Å². The van der Waals surface area contributed by atoms with Crippen LogP contribution in [0.5, 0.6) is 0 Å². The first-order chi connectivity index (χ1) is 12.1. The van der Waals surface area contributed by atoms with Crippen LogP contribution < -0.4 is 16.2 Å². The van der Waals surface area contributed by atoms with E-state index in [2.05, 4.69) is 26.4 Å². The molecule has 7 nitrogen and oxygen atoms in total. The van der Waals surface area contributed by atoms with E-state index in [0.29, 0.717) is 22.7 Å². The van der Waals surface area contributed by atoms with Gasteiger partial charge in [-0.25, -0.2) is 4.39 Å². The highest BCUT2D eigenvalue weighted by atomic mass is 32.1. The summed E-state index contributed by atoms with van der Waals surface area (Å²) in [4.78, 5) is 12.1. The van der Waals surface area contributed by atoms with Gasteiger partial charge in [-0.1, -0.05) is 0 Å². The van der Waals surface area contributed by atoms with Crippen molar-refractivity contribution < 1.29 is 13.6 Å². The van der Waals surface area contributed by atoms with E-state index in [-0.39, 0.29) is 16.8 Å². The fourth-order valence-corrected chi connectivity index (χ4v) is 2.11. The van der Waals surface area contributed by atoms with Crippen LogP contribution in [-0.2, 0) is 0 Å². The summed E-state index contributed by atoms with van der Waals surface area (Å²) in [5.41, 5.74) is 6.75. The van der Waals surface area contributed by atoms with Gasteiger partial charge in [0.2, 0.25) is 12.3 Å². The molecule has 1 amide bonds. The highest BCUT2D eigenvalue weighted by Crippen LogP contribution is 2.16. The predicted octanol–water partition coefficient (Wildman–Crippen LogP) is 2.51. The van der Waals surface area contributed by atoms with E-state index >= 15 is 0 Å². The maximum atomic E-state index is 12.8. The molecule has 9 heteroatoms. The SMILES string of the molecule is O=C(NNC(=S)Nc1ccc(F)cc1)c1ccc(-c2nnco2)cc1. The Kier molecular flexibility index (Phi) is 4.95. The third-order valence-corrected chi connectivity index (χ3v) is 3.35. The second kappa shape index (κ2) is 7.49. The number of hydrazine groups is 1. The van der Waals surface area contributed by atoms with Gasteiger partial charge in [-0.3, -0.25) is 15.6 Å². The molecule has 1 aromatic heterocycles. The third-order valence-electron chi connectivity index (χ3n) is 3.15. The summed E-state index contributed by atoms with van der Waals surface area (Å²) in [5.74, 6) is -0.350. The fraction of sp³-hybridized carbons (Fsp3) is 0. The van der Waals surface area contributed by atoms with Crippen LogP contribution in [0.3, 0.4) is 0 Å². The molecule has 25 heavy (non-hydrogen) atoms. The van der Waals surface area contributed by atoms with Gasteiger partial charge in [-0.05, 0) is 60.7 Å². The molecule has 2 aromatic carbocycles. The summed E-state index contributed by atoms with van der Waals surface area (Å²) >= 11 is 5.05. The summed E-state index contributed by atoms with van der Waals surface area (Å²) in [5, 5.41) is 10.4. The number of amides is 1. The van der Waals surface area contributed by atoms with Crippen LogP contribution in [-0.4, -0.2) is 21.2 Å². The second-order valence-electron chi connectivity index (χ2n) is 4.86. The zero-order chi connectivity index (χ0) is 17.6. The van der Waals surface area contributed by atoms with Crippen LogP contribution >= 0.6 is 12.2 Å². The molecule has 0 aliphatic carbocycles. The number of thiocarbonyl (C=S) groups is 1. The number of nitrogens with one attached hydrogen (secondary N) is 3. The molecule has 3 N–H and O–H groups in total. The van der Waals surface area contributed by atoms with Crippen molar-refractivity contribution in [2.75, 3.05) is 5.32 Å². The maximum absolute atomic E-state index is 12.8. The average molecular weight is 357 g/mol. The van der Waals surface area contributed by atoms with Crippen LogP contribution in [0.2, 0.25) is 0 Å². The number of rotatable bonds is 3. The third kappa shape index (κ3) is 4.36. The fourth-order valence-electron chi connectivity index (χ4n) is 1.94. The summed E-state index contributed by atoms with van der Waals surface area (Å²) in [6.45, 7) is 0.